The van der Waals surface area contributed by atoms with Gasteiger partial charge in [0.2, 0.25) is 0 Å². The summed E-state index contributed by atoms with van der Waals surface area (Å²) in [7, 11) is 0. The van der Waals surface area contributed by atoms with Crippen LogP contribution in [0.5, 0.6) is 23.0 Å². The first-order chi connectivity index (χ1) is 34.2. The van der Waals surface area contributed by atoms with Crippen molar-refractivity contribution in [3.63, 3.8) is 0 Å². The Morgan fingerprint density at radius 3 is 1.48 bits per heavy atom. The lowest BCUT2D eigenvalue weighted by Crippen LogP contribution is -2.32. The van der Waals surface area contributed by atoms with Crippen molar-refractivity contribution in [3.05, 3.63) is 293 Å². The Hall–Kier alpha value is -8.92. The molecule has 2 aliphatic heterocycles. The zero-order chi connectivity index (χ0) is 45.3. The van der Waals surface area contributed by atoms with Crippen molar-refractivity contribution < 1.29 is 9.47 Å². The first-order valence-electron chi connectivity index (χ1n) is 23.8. The van der Waals surface area contributed by atoms with Crippen molar-refractivity contribution in [3.8, 4) is 56.4 Å². The van der Waals surface area contributed by atoms with E-state index in [1.165, 1.54) is 55.3 Å². The maximum absolute atomic E-state index is 6.84. The summed E-state index contributed by atoms with van der Waals surface area (Å²) in [6, 6.07) is 91.1. The Kier molecular flexibility index (Phi) is 7.92. The van der Waals surface area contributed by atoms with Gasteiger partial charge in [-0.25, -0.2) is 0 Å². The molecule has 69 heavy (non-hydrogen) atoms. The normalized spacial score (nSPS) is 14.3. The molecular formula is C66H41NO2. The van der Waals surface area contributed by atoms with E-state index in [2.05, 4.69) is 254 Å². The first-order valence-corrected chi connectivity index (χ1v) is 23.8. The molecule has 11 aromatic carbocycles. The second kappa shape index (κ2) is 14.3. The number of ether oxygens (including phenoxy) is 2. The molecule has 2 spiro atoms. The molecular weight excluding hydrogens is 839 g/mol. The highest BCUT2D eigenvalue weighted by molar-refractivity contribution is 6.06. The summed E-state index contributed by atoms with van der Waals surface area (Å²) < 4.78 is 13.6. The quantitative estimate of drug-likeness (QED) is 0.176. The summed E-state index contributed by atoms with van der Waals surface area (Å²) in [5.41, 5.74) is 18.7. The molecule has 0 amide bonds. The van der Waals surface area contributed by atoms with Crippen molar-refractivity contribution >= 4 is 27.8 Å². The van der Waals surface area contributed by atoms with Crippen LogP contribution in [0.25, 0.3) is 44.2 Å². The van der Waals surface area contributed by atoms with E-state index in [0.29, 0.717) is 0 Å². The molecule has 0 saturated heterocycles. The molecule has 3 heteroatoms. The van der Waals surface area contributed by atoms with Gasteiger partial charge in [0.15, 0.2) is 0 Å². The van der Waals surface area contributed by atoms with Crippen molar-refractivity contribution in [2.24, 2.45) is 0 Å². The van der Waals surface area contributed by atoms with Gasteiger partial charge in [0.25, 0.3) is 0 Å². The molecule has 0 unspecified atom stereocenters. The lowest BCUT2D eigenvalue weighted by molar-refractivity contribution is 0.436. The Bertz CT molecular complexity index is 3850. The molecule has 0 saturated carbocycles. The Morgan fingerprint density at radius 2 is 0.797 bits per heavy atom. The van der Waals surface area contributed by atoms with Crippen LogP contribution in [-0.2, 0) is 10.8 Å². The van der Waals surface area contributed by atoms with Gasteiger partial charge < -0.3 is 14.4 Å². The van der Waals surface area contributed by atoms with Gasteiger partial charge in [-0.15, -0.1) is 0 Å². The summed E-state index contributed by atoms with van der Waals surface area (Å²) in [5, 5.41) is 2.44. The van der Waals surface area contributed by atoms with E-state index in [0.717, 1.165) is 73.4 Å². The zero-order valence-corrected chi connectivity index (χ0v) is 37.4. The van der Waals surface area contributed by atoms with Crippen molar-refractivity contribution in [1.29, 1.82) is 0 Å². The van der Waals surface area contributed by atoms with Crippen LogP contribution in [0.4, 0.5) is 17.1 Å². The highest BCUT2D eigenvalue weighted by atomic mass is 16.5. The highest BCUT2D eigenvalue weighted by Gasteiger charge is 2.54. The van der Waals surface area contributed by atoms with E-state index in [1.54, 1.807) is 0 Å². The molecule has 4 aliphatic rings. The lowest BCUT2D eigenvalue weighted by Gasteiger charge is -2.40. The number of hydrogen-bond donors (Lipinski definition) is 0. The third-order valence-corrected chi connectivity index (χ3v) is 15.4. The number of benzene rings is 11. The standard InChI is InChI=1S/C66H41NO2/c1-2-19-42(20-3-1)45-22-7-13-31-57(45)67(44-38-40-48-47-24-6-8-25-50(47)65(56(48)41-44)51-26-9-14-33-59(51)68-60-34-15-10-27-52(60)65)58-32-18-30-55-63(58)49-39-37-43-21-4-5-23-46(43)64(49)66(55)53-28-11-16-35-61(53)69-62-36-17-12-29-54(62)66/h1-41H. The van der Waals surface area contributed by atoms with Gasteiger partial charge in [-0.1, -0.05) is 200 Å². The third-order valence-electron chi connectivity index (χ3n) is 15.4. The Labute approximate surface area is 400 Å². The molecule has 0 aromatic heterocycles. The van der Waals surface area contributed by atoms with E-state index < -0.39 is 10.8 Å². The van der Waals surface area contributed by atoms with Crippen LogP contribution >= 0.6 is 0 Å². The van der Waals surface area contributed by atoms with Gasteiger partial charge in [-0.3, -0.25) is 0 Å². The number of hydrogen-bond acceptors (Lipinski definition) is 3. The second-order valence-electron chi connectivity index (χ2n) is 18.6. The fraction of sp³-hybridized carbons (Fsp3) is 0.0303. The maximum atomic E-state index is 6.84. The zero-order valence-electron chi connectivity index (χ0n) is 37.4. The summed E-state index contributed by atoms with van der Waals surface area (Å²) >= 11 is 0. The largest absolute Gasteiger partial charge is 0.457 e. The average molecular weight is 880 g/mol. The second-order valence-corrected chi connectivity index (χ2v) is 18.6. The summed E-state index contributed by atoms with van der Waals surface area (Å²) in [5.74, 6) is 3.50. The van der Waals surface area contributed by atoms with Crippen LogP contribution in [0.3, 0.4) is 0 Å². The van der Waals surface area contributed by atoms with Crippen LogP contribution in [-0.4, -0.2) is 0 Å². The minimum atomic E-state index is -0.684. The fourth-order valence-electron chi connectivity index (χ4n) is 12.8. The van der Waals surface area contributed by atoms with Crippen molar-refractivity contribution in [2.45, 2.75) is 10.8 Å². The number of fused-ring (bicyclic) bond motifs is 20. The monoisotopic (exact) mass is 879 g/mol. The van der Waals surface area contributed by atoms with E-state index in [-0.39, 0.29) is 0 Å². The van der Waals surface area contributed by atoms with Crippen LogP contribution in [0.2, 0.25) is 0 Å². The highest BCUT2D eigenvalue weighted by Crippen LogP contribution is 2.67. The van der Waals surface area contributed by atoms with Crippen molar-refractivity contribution in [1.82, 2.24) is 0 Å². The molecule has 0 atom stereocenters. The molecule has 2 aliphatic carbocycles. The number of nitrogens with zero attached hydrogens (tertiary/aromatic N) is 1. The molecule has 0 radical (unpaired) electrons. The van der Waals surface area contributed by atoms with Gasteiger partial charge in [0.05, 0.1) is 22.2 Å². The van der Waals surface area contributed by atoms with E-state index in [9.17, 15) is 0 Å². The molecule has 15 rings (SSSR count). The molecule has 0 bridgehead atoms. The van der Waals surface area contributed by atoms with Crippen LogP contribution < -0.4 is 14.4 Å². The lowest BCUT2D eigenvalue weighted by atomic mass is 9.65. The predicted octanol–water partition coefficient (Wildman–Crippen LogP) is 16.9. The van der Waals surface area contributed by atoms with Crippen LogP contribution in [0, 0.1) is 0 Å². The van der Waals surface area contributed by atoms with Crippen LogP contribution in [0.1, 0.15) is 44.5 Å². The Morgan fingerprint density at radius 1 is 0.304 bits per heavy atom. The topological polar surface area (TPSA) is 21.7 Å². The summed E-state index contributed by atoms with van der Waals surface area (Å²) in [6.07, 6.45) is 0. The Balaban J connectivity index is 1.08. The minimum Gasteiger partial charge on any atom is -0.457 e. The van der Waals surface area contributed by atoms with E-state index in [4.69, 9.17) is 9.47 Å². The predicted molar refractivity (Wildman–Crippen MR) is 279 cm³/mol. The molecule has 322 valence electrons. The average Bonchev–Trinajstić information content (AvgIpc) is 3.88. The smallest absolute Gasteiger partial charge is 0.132 e. The molecule has 0 fully saturated rings. The van der Waals surface area contributed by atoms with Gasteiger partial charge in [0, 0.05) is 39.1 Å². The van der Waals surface area contributed by atoms with Crippen LogP contribution in [0.15, 0.2) is 249 Å². The molecule has 3 nitrogen and oxygen atoms in total. The number of rotatable bonds is 4. The first kappa shape index (κ1) is 38.2. The summed E-state index contributed by atoms with van der Waals surface area (Å²) in [6.45, 7) is 0. The fourth-order valence-corrected chi connectivity index (χ4v) is 12.8. The van der Waals surface area contributed by atoms with Gasteiger partial charge in [0.1, 0.15) is 23.0 Å². The number of anilines is 3. The van der Waals surface area contributed by atoms with Gasteiger partial charge >= 0.3 is 0 Å². The molecule has 11 aromatic rings. The molecule has 2 heterocycles. The molecule has 0 N–H and O–H groups in total. The SMILES string of the molecule is c1ccc(-c2ccccc2N(c2ccc3c(c2)C2(c4ccccc4Oc4ccccc42)c2ccccc2-3)c2cccc3c2-c2ccc4ccccc4c2C32c3ccccc3Oc3ccccc32)cc1. The number of para-hydroxylation sites is 5. The van der Waals surface area contributed by atoms with Gasteiger partial charge in [-0.2, -0.15) is 0 Å². The van der Waals surface area contributed by atoms with E-state index >= 15 is 0 Å². The van der Waals surface area contributed by atoms with Gasteiger partial charge in [-0.05, 0) is 104 Å². The third kappa shape index (κ3) is 5.01. The maximum Gasteiger partial charge on any atom is 0.132 e. The van der Waals surface area contributed by atoms with E-state index in [1.807, 2.05) is 0 Å². The van der Waals surface area contributed by atoms with Crippen molar-refractivity contribution in [2.75, 3.05) is 4.90 Å². The summed E-state index contributed by atoms with van der Waals surface area (Å²) in [4.78, 5) is 2.55. The minimum absolute atomic E-state index is 0.637.